The van der Waals surface area contributed by atoms with Crippen LogP contribution < -0.4 is 19.3 Å². The van der Waals surface area contributed by atoms with Gasteiger partial charge >= 0.3 is 11.9 Å². The van der Waals surface area contributed by atoms with Crippen LogP contribution in [0.4, 0.5) is 22.7 Å². The topological polar surface area (TPSA) is 59.1 Å². The van der Waals surface area contributed by atoms with Crippen molar-refractivity contribution in [2.24, 2.45) is 0 Å². The molecular weight excluding hydrogens is 572 g/mol. The first-order valence-corrected chi connectivity index (χ1v) is 15.3. The van der Waals surface area contributed by atoms with E-state index in [2.05, 4.69) is 9.80 Å². The Morgan fingerprint density at radius 1 is 0.435 bits per heavy atom. The molecule has 0 saturated carbocycles. The first-order chi connectivity index (χ1) is 22.5. The summed E-state index contributed by atoms with van der Waals surface area (Å²) in [4.78, 5) is 32.3. The molecule has 2 aliphatic heterocycles. The lowest BCUT2D eigenvalue weighted by Gasteiger charge is -2.34. The quantitative estimate of drug-likeness (QED) is 0.149. The smallest absolute Gasteiger partial charge is 0.323 e. The fourth-order valence-electron chi connectivity index (χ4n) is 7.02. The van der Waals surface area contributed by atoms with Gasteiger partial charge in [-0.25, -0.2) is 0 Å². The van der Waals surface area contributed by atoms with Gasteiger partial charge in [0.2, 0.25) is 0 Å². The van der Waals surface area contributed by atoms with Crippen LogP contribution in [-0.2, 0) is 9.59 Å². The maximum absolute atomic E-state index is 14.0. The number of ether oxygens (including phenoxy) is 2. The van der Waals surface area contributed by atoms with Gasteiger partial charge < -0.3 is 19.3 Å². The molecule has 2 aliphatic rings. The van der Waals surface area contributed by atoms with Crippen LogP contribution in [0.25, 0.3) is 10.8 Å². The zero-order chi connectivity index (χ0) is 31.4. The number of carbonyl (C=O) groups excluding carboxylic acids is 2. The minimum atomic E-state index is -0.593. The van der Waals surface area contributed by atoms with Crippen molar-refractivity contribution in [3.8, 4) is 11.5 Å². The zero-order valence-corrected chi connectivity index (χ0v) is 25.4. The molecule has 0 spiro atoms. The van der Waals surface area contributed by atoms with Gasteiger partial charge in [0.25, 0.3) is 0 Å². The van der Waals surface area contributed by atoms with Gasteiger partial charge in [0.15, 0.2) is 0 Å². The summed E-state index contributed by atoms with van der Waals surface area (Å²) in [6.45, 7) is 0. The Labute approximate surface area is 267 Å². The molecule has 6 nitrogen and oxygen atoms in total. The highest BCUT2D eigenvalue weighted by Gasteiger charge is 2.36. The highest BCUT2D eigenvalue weighted by molar-refractivity contribution is 5.99. The third kappa shape index (κ3) is 4.33. The SMILES string of the molecule is CN1c2ccccc2C(C(=O)Oc2cccc3c(OC(=O)C4c5ccccc5N(C)c5ccccc54)cccc23)c2ccccc21. The number of benzene rings is 6. The standard InChI is InChI=1S/C40H30N2O4/c1-41-31-19-7-3-13-27(31)37(28-14-4-8-20-32(28)41)39(43)45-35-23-11-18-26-25(35)17-12-24-36(26)46-40(44)38-29-15-5-9-21-33(29)42(2)34-22-10-6-16-30(34)38/h3-24,37-38H,1-2H3. The molecular formula is C40H30N2O4. The molecule has 0 amide bonds. The largest absolute Gasteiger partial charge is 0.425 e. The average molecular weight is 603 g/mol. The van der Waals surface area contributed by atoms with Crippen molar-refractivity contribution in [2.45, 2.75) is 11.8 Å². The number of anilines is 4. The van der Waals surface area contributed by atoms with Crippen molar-refractivity contribution in [1.82, 2.24) is 0 Å². The van der Waals surface area contributed by atoms with Crippen LogP contribution in [0.5, 0.6) is 11.5 Å². The van der Waals surface area contributed by atoms with Crippen molar-refractivity contribution in [3.05, 3.63) is 156 Å². The van der Waals surface area contributed by atoms with Gasteiger partial charge in [-0.05, 0) is 58.7 Å². The molecule has 6 aromatic rings. The summed E-state index contributed by atoms with van der Waals surface area (Å²) in [7, 11) is 4.02. The fraction of sp³-hybridized carbons (Fsp3) is 0.100. The lowest BCUT2D eigenvalue weighted by Crippen LogP contribution is -2.28. The second-order valence-electron chi connectivity index (χ2n) is 11.7. The second-order valence-corrected chi connectivity index (χ2v) is 11.7. The van der Waals surface area contributed by atoms with Crippen molar-refractivity contribution in [1.29, 1.82) is 0 Å². The minimum absolute atomic E-state index is 0.373. The van der Waals surface area contributed by atoms with E-state index in [1.54, 1.807) is 12.1 Å². The predicted octanol–water partition coefficient (Wildman–Crippen LogP) is 8.48. The molecule has 46 heavy (non-hydrogen) atoms. The summed E-state index contributed by atoms with van der Waals surface area (Å²) >= 11 is 0. The molecule has 0 N–H and O–H groups in total. The number of esters is 2. The number of carbonyl (C=O) groups is 2. The van der Waals surface area contributed by atoms with Gasteiger partial charge in [0.05, 0.1) is 0 Å². The van der Waals surface area contributed by atoms with Gasteiger partial charge in [-0.3, -0.25) is 9.59 Å². The zero-order valence-electron chi connectivity index (χ0n) is 25.4. The molecule has 0 fully saturated rings. The Morgan fingerprint density at radius 2 is 0.739 bits per heavy atom. The monoisotopic (exact) mass is 602 g/mol. The summed E-state index contributed by atoms with van der Waals surface area (Å²) in [5.41, 5.74) is 7.42. The molecule has 0 unspecified atom stereocenters. The lowest BCUT2D eigenvalue weighted by molar-refractivity contribution is -0.136. The normalized spacial score (nSPS) is 13.8. The van der Waals surface area contributed by atoms with E-state index in [0.717, 1.165) is 45.0 Å². The lowest BCUT2D eigenvalue weighted by atomic mass is 9.85. The van der Waals surface area contributed by atoms with Gasteiger partial charge in [-0.15, -0.1) is 0 Å². The van der Waals surface area contributed by atoms with E-state index in [-0.39, 0.29) is 11.9 Å². The van der Waals surface area contributed by atoms with Crippen LogP contribution in [0.1, 0.15) is 34.1 Å². The second kappa shape index (κ2) is 10.9. The van der Waals surface area contributed by atoms with Gasteiger partial charge in [0, 0.05) is 47.6 Å². The molecule has 6 aromatic carbocycles. The van der Waals surface area contributed by atoms with Crippen molar-refractivity contribution >= 4 is 45.5 Å². The third-order valence-corrected chi connectivity index (χ3v) is 9.17. The van der Waals surface area contributed by atoms with Crippen molar-refractivity contribution < 1.29 is 19.1 Å². The molecule has 0 aliphatic carbocycles. The van der Waals surface area contributed by atoms with Crippen LogP contribution in [0.3, 0.4) is 0 Å². The van der Waals surface area contributed by atoms with Crippen LogP contribution in [0, 0.1) is 0 Å². The minimum Gasteiger partial charge on any atom is -0.425 e. The summed E-state index contributed by atoms with van der Waals surface area (Å²) < 4.78 is 12.4. The number of hydrogen-bond acceptors (Lipinski definition) is 6. The first kappa shape index (κ1) is 27.7. The Balaban J connectivity index is 1.14. The summed E-state index contributed by atoms with van der Waals surface area (Å²) in [6.07, 6.45) is 0. The van der Waals surface area contributed by atoms with Crippen LogP contribution in [0.15, 0.2) is 133 Å². The molecule has 224 valence electrons. The maximum atomic E-state index is 14.0. The molecule has 8 rings (SSSR count). The van der Waals surface area contributed by atoms with Gasteiger partial charge in [-0.1, -0.05) is 97.1 Å². The molecule has 6 heteroatoms. The highest BCUT2D eigenvalue weighted by Crippen LogP contribution is 2.47. The van der Waals surface area contributed by atoms with Gasteiger partial charge in [0.1, 0.15) is 23.3 Å². The average Bonchev–Trinajstić information content (AvgIpc) is 3.09. The molecule has 0 bridgehead atoms. The molecule has 2 heterocycles. The van der Waals surface area contributed by atoms with E-state index in [0.29, 0.717) is 22.3 Å². The Morgan fingerprint density at radius 3 is 1.07 bits per heavy atom. The third-order valence-electron chi connectivity index (χ3n) is 9.17. The van der Waals surface area contributed by atoms with Crippen LogP contribution >= 0.6 is 0 Å². The number of nitrogens with zero attached hydrogens (tertiary/aromatic N) is 2. The van der Waals surface area contributed by atoms with E-state index < -0.39 is 11.8 Å². The maximum Gasteiger partial charge on any atom is 0.323 e. The summed E-state index contributed by atoms with van der Waals surface area (Å²) in [6, 6.07) is 42.6. The summed E-state index contributed by atoms with van der Waals surface area (Å²) in [5, 5.41) is 1.36. The molecule has 0 atom stereocenters. The first-order valence-electron chi connectivity index (χ1n) is 15.3. The van der Waals surface area contributed by atoms with Gasteiger partial charge in [-0.2, -0.15) is 0 Å². The number of para-hydroxylation sites is 4. The molecule has 0 saturated heterocycles. The number of hydrogen-bond donors (Lipinski definition) is 0. The van der Waals surface area contributed by atoms with Crippen molar-refractivity contribution in [3.63, 3.8) is 0 Å². The Bertz CT molecular complexity index is 1920. The predicted molar refractivity (Wildman–Crippen MR) is 181 cm³/mol. The number of rotatable bonds is 4. The fourth-order valence-corrected chi connectivity index (χ4v) is 7.02. The Hall–Kier alpha value is -5.88. The molecule has 0 radical (unpaired) electrons. The summed E-state index contributed by atoms with van der Waals surface area (Å²) in [5.74, 6) is -1.12. The van der Waals surface area contributed by atoms with Crippen LogP contribution in [0.2, 0.25) is 0 Å². The highest BCUT2D eigenvalue weighted by atomic mass is 16.5. The number of fused-ring (bicyclic) bond motifs is 5. The van der Waals surface area contributed by atoms with E-state index >= 15 is 0 Å². The van der Waals surface area contributed by atoms with E-state index in [1.807, 2.05) is 135 Å². The Kier molecular flexibility index (Phi) is 6.57. The van der Waals surface area contributed by atoms with E-state index in [9.17, 15) is 9.59 Å². The van der Waals surface area contributed by atoms with Crippen LogP contribution in [-0.4, -0.2) is 26.0 Å². The molecule has 0 aromatic heterocycles. The van der Waals surface area contributed by atoms with E-state index in [1.165, 1.54) is 0 Å². The van der Waals surface area contributed by atoms with E-state index in [4.69, 9.17) is 9.47 Å². The van der Waals surface area contributed by atoms with Crippen molar-refractivity contribution in [2.75, 3.05) is 23.9 Å².